The van der Waals surface area contributed by atoms with Crippen LogP contribution >= 0.6 is 0 Å². The third kappa shape index (κ3) is 5.79. The van der Waals surface area contributed by atoms with Crippen molar-refractivity contribution in [3.63, 3.8) is 0 Å². The lowest BCUT2D eigenvalue weighted by molar-refractivity contribution is 0.0320. The summed E-state index contributed by atoms with van der Waals surface area (Å²) in [5.41, 5.74) is 2.96. The van der Waals surface area contributed by atoms with Gasteiger partial charge in [-0.05, 0) is 91.6 Å². The van der Waals surface area contributed by atoms with E-state index in [-0.39, 0.29) is 11.7 Å². The number of aliphatic hydroxyl groups is 1. The zero-order valence-corrected chi connectivity index (χ0v) is 20.7. The molecule has 0 fully saturated rings. The van der Waals surface area contributed by atoms with Crippen LogP contribution in [0.2, 0.25) is 0 Å². The zero-order valence-electron chi connectivity index (χ0n) is 20.7. The van der Waals surface area contributed by atoms with Gasteiger partial charge in [-0.25, -0.2) is 4.39 Å². The smallest absolute Gasteiger partial charge is 0.203 e. The maximum absolute atomic E-state index is 13.8. The fraction of sp³-hybridized carbons (Fsp3) is 0.556. The highest BCUT2D eigenvalue weighted by Crippen LogP contribution is 2.43. The van der Waals surface area contributed by atoms with Gasteiger partial charge in [0.2, 0.25) is 5.75 Å². The fourth-order valence-electron chi connectivity index (χ4n) is 5.09. The highest BCUT2D eigenvalue weighted by molar-refractivity contribution is 5.53. The summed E-state index contributed by atoms with van der Waals surface area (Å²) in [5.74, 6) is 2.61. The van der Waals surface area contributed by atoms with Crippen LogP contribution in [-0.4, -0.2) is 51.5 Å². The summed E-state index contributed by atoms with van der Waals surface area (Å²) in [7, 11) is 6.97. The van der Waals surface area contributed by atoms with Gasteiger partial charge in [-0.1, -0.05) is 19.9 Å². The van der Waals surface area contributed by atoms with Crippen LogP contribution in [0.1, 0.15) is 43.1 Å². The molecular weight excluding hydrogens is 421 g/mol. The lowest BCUT2D eigenvalue weighted by atomic mass is 9.68. The lowest BCUT2D eigenvalue weighted by Crippen LogP contribution is -2.35. The van der Waals surface area contributed by atoms with Crippen molar-refractivity contribution in [1.29, 1.82) is 0 Å². The Morgan fingerprint density at radius 2 is 1.70 bits per heavy atom. The van der Waals surface area contributed by atoms with Gasteiger partial charge >= 0.3 is 0 Å². The first kappa shape index (κ1) is 25.3. The Bertz CT molecular complexity index is 907. The minimum atomic E-state index is -0.551. The number of hydrogen-bond acceptors (Lipinski definition) is 5. The Hall–Kier alpha value is -2.31. The van der Waals surface area contributed by atoms with Gasteiger partial charge in [0.05, 0.1) is 27.4 Å². The predicted molar refractivity (Wildman–Crippen MR) is 129 cm³/mol. The van der Waals surface area contributed by atoms with Crippen molar-refractivity contribution < 1.29 is 23.7 Å². The maximum Gasteiger partial charge on any atom is 0.203 e. The van der Waals surface area contributed by atoms with Crippen molar-refractivity contribution >= 4 is 0 Å². The molecule has 0 bridgehead atoms. The van der Waals surface area contributed by atoms with Crippen molar-refractivity contribution in [3.8, 4) is 17.2 Å². The molecule has 0 amide bonds. The van der Waals surface area contributed by atoms with Crippen molar-refractivity contribution in [2.45, 2.75) is 39.2 Å². The van der Waals surface area contributed by atoms with E-state index in [1.807, 2.05) is 12.1 Å². The van der Waals surface area contributed by atoms with E-state index in [4.69, 9.17) is 14.2 Å². The molecule has 0 aliphatic heterocycles. The van der Waals surface area contributed by atoms with Crippen LogP contribution in [0.5, 0.6) is 17.2 Å². The molecule has 1 aliphatic rings. The number of hydrogen-bond donors (Lipinski definition) is 1. The van der Waals surface area contributed by atoms with E-state index >= 15 is 0 Å². The first-order valence-electron chi connectivity index (χ1n) is 11.7. The summed E-state index contributed by atoms with van der Waals surface area (Å²) in [6.07, 6.45) is 2.01. The second kappa shape index (κ2) is 11.2. The molecule has 2 aromatic rings. The second-order valence-electron chi connectivity index (χ2n) is 9.44. The number of nitrogens with zero attached hydrogens (tertiary/aromatic N) is 1. The summed E-state index contributed by atoms with van der Waals surface area (Å²) >= 11 is 0. The summed E-state index contributed by atoms with van der Waals surface area (Å²) in [4.78, 5) is 2.30. The van der Waals surface area contributed by atoms with Crippen LogP contribution in [0.25, 0.3) is 0 Å². The molecule has 5 nitrogen and oxygen atoms in total. The predicted octanol–water partition coefficient (Wildman–Crippen LogP) is 4.89. The third-order valence-electron chi connectivity index (χ3n) is 7.04. The van der Waals surface area contributed by atoms with Gasteiger partial charge in [0.1, 0.15) is 5.82 Å². The summed E-state index contributed by atoms with van der Waals surface area (Å²) in [6, 6.07) is 8.79. The van der Waals surface area contributed by atoms with Crippen LogP contribution in [-0.2, 0) is 12.8 Å². The molecule has 1 aliphatic carbocycles. The van der Waals surface area contributed by atoms with Gasteiger partial charge in [0, 0.05) is 6.54 Å². The Morgan fingerprint density at radius 1 is 1.03 bits per heavy atom. The van der Waals surface area contributed by atoms with Crippen LogP contribution in [0.15, 0.2) is 30.3 Å². The van der Waals surface area contributed by atoms with E-state index in [2.05, 4.69) is 25.8 Å². The minimum Gasteiger partial charge on any atom is -0.493 e. The first-order chi connectivity index (χ1) is 15.8. The van der Waals surface area contributed by atoms with Crippen LogP contribution in [0.3, 0.4) is 0 Å². The Labute approximate surface area is 197 Å². The molecular formula is C27H38FNO4. The van der Waals surface area contributed by atoms with Crippen molar-refractivity contribution in [1.82, 2.24) is 4.90 Å². The van der Waals surface area contributed by atoms with Gasteiger partial charge in [0.15, 0.2) is 11.5 Å². The zero-order chi connectivity index (χ0) is 24.1. The second-order valence-corrected chi connectivity index (χ2v) is 9.44. The lowest BCUT2D eigenvalue weighted by Gasteiger charge is -2.40. The van der Waals surface area contributed by atoms with Crippen LogP contribution in [0, 0.1) is 23.6 Å². The largest absolute Gasteiger partial charge is 0.493 e. The quantitative estimate of drug-likeness (QED) is 0.548. The van der Waals surface area contributed by atoms with Gasteiger partial charge in [-0.2, -0.15) is 0 Å². The Kier molecular flexibility index (Phi) is 8.60. The summed E-state index contributed by atoms with van der Waals surface area (Å²) in [5, 5.41) is 11.1. The Morgan fingerprint density at radius 3 is 2.27 bits per heavy atom. The minimum absolute atomic E-state index is 0.159. The molecule has 0 saturated heterocycles. The molecule has 6 heteroatoms. The highest BCUT2D eigenvalue weighted by atomic mass is 19.1. The van der Waals surface area contributed by atoms with E-state index in [0.717, 1.165) is 49.0 Å². The molecule has 0 spiro atoms. The summed E-state index contributed by atoms with van der Waals surface area (Å²) < 4.78 is 30.1. The van der Waals surface area contributed by atoms with Gasteiger partial charge in [0.25, 0.3) is 0 Å². The number of rotatable bonds is 10. The van der Waals surface area contributed by atoms with Crippen LogP contribution < -0.4 is 14.2 Å². The van der Waals surface area contributed by atoms with E-state index in [0.29, 0.717) is 29.1 Å². The van der Waals surface area contributed by atoms with Crippen molar-refractivity contribution in [2.24, 2.45) is 17.8 Å². The summed E-state index contributed by atoms with van der Waals surface area (Å²) in [6.45, 7) is 6.15. The molecule has 0 heterocycles. The molecule has 3 rings (SSSR count). The SMILES string of the molecule is COc1cc(CCN(C)CC[C@@H]2C(C(C)C)Cc3cc(F)ccc3[C@@H]2O)cc(OC)c1OC. The molecule has 3 atom stereocenters. The van der Waals surface area contributed by atoms with Gasteiger partial charge in [-0.15, -0.1) is 0 Å². The van der Waals surface area contributed by atoms with Crippen LogP contribution in [0.4, 0.5) is 4.39 Å². The maximum atomic E-state index is 13.8. The number of aliphatic hydroxyl groups excluding tert-OH is 1. The van der Waals surface area contributed by atoms with E-state index in [1.165, 1.54) is 6.07 Å². The number of ether oxygens (including phenoxy) is 3. The molecule has 1 N–H and O–H groups in total. The fourth-order valence-corrected chi connectivity index (χ4v) is 5.09. The number of likely N-dealkylation sites (N-methyl/N-ethyl adjacent to an activating group) is 1. The molecule has 0 saturated carbocycles. The van der Waals surface area contributed by atoms with E-state index < -0.39 is 6.10 Å². The number of halogens is 1. The topological polar surface area (TPSA) is 51.2 Å². The van der Waals surface area contributed by atoms with Gasteiger partial charge in [-0.3, -0.25) is 0 Å². The Balaban J connectivity index is 1.64. The van der Waals surface area contributed by atoms with E-state index in [9.17, 15) is 9.50 Å². The normalized spacial score (nSPS) is 20.1. The molecule has 33 heavy (non-hydrogen) atoms. The monoisotopic (exact) mass is 459 g/mol. The molecule has 0 radical (unpaired) electrons. The molecule has 2 aromatic carbocycles. The number of fused-ring (bicyclic) bond motifs is 1. The first-order valence-corrected chi connectivity index (χ1v) is 11.7. The highest BCUT2D eigenvalue weighted by Gasteiger charge is 2.37. The average molecular weight is 460 g/mol. The molecule has 182 valence electrons. The van der Waals surface area contributed by atoms with Crippen molar-refractivity contribution in [2.75, 3.05) is 41.5 Å². The van der Waals surface area contributed by atoms with Crippen molar-refractivity contribution in [3.05, 3.63) is 52.8 Å². The molecule has 0 aromatic heterocycles. The van der Waals surface area contributed by atoms with E-state index in [1.54, 1.807) is 33.5 Å². The number of benzene rings is 2. The third-order valence-corrected chi connectivity index (χ3v) is 7.04. The molecule has 1 unspecified atom stereocenters. The average Bonchev–Trinajstić information content (AvgIpc) is 2.80. The number of methoxy groups -OCH3 is 3. The standard InChI is InChI=1S/C27H38FNO4/c1-17(2)23-16-19-15-20(28)7-8-21(19)26(30)22(23)10-12-29(3)11-9-18-13-24(31-4)27(33-6)25(14-18)32-5/h7-8,13-15,17,22-23,26,30H,9-12,16H2,1-6H3/t22-,23?,26+/m1/s1. The van der Waals surface area contributed by atoms with Gasteiger partial charge < -0.3 is 24.2 Å².